The molecule has 0 spiro atoms. The van der Waals surface area contributed by atoms with Crippen LogP contribution in [0.2, 0.25) is 0 Å². The van der Waals surface area contributed by atoms with E-state index in [1.807, 2.05) is 19.1 Å². The molecular formula is C17H24N2O4. The molecule has 0 bridgehead atoms. The molecule has 1 fully saturated rings. The van der Waals surface area contributed by atoms with Gasteiger partial charge >= 0.3 is 0 Å². The molecule has 1 heterocycles. The minimum absolute atomic E-state index is 0.0351. The van der Waals surface area contributed by atoms with Gasteiger partial charge in [-0.2, -0.15) is 0 Å². The van der Waals surface area contributed by atoms with Gasteiger partial charge in [0.15, 0.2) is 0 Å². The summed E-state index contributed by atoms with van der Waals surface area (Å²) < 4.78 is 10.4. The van der Waals surface area contributed by atoms with Crippen molar-refractivity contribution in [3.63, 3.8) is 0 Å². The van der Waals surface area contributed by atoms with Crippen LogP contribution in [-0.2, 0) is 14.3 Å². The number of methoxy groups -OCH3 is 1. The number of hydrogen-bond acceptors (Lipinski definition) is 4. The lowest BCUT2D eigenvalue weighted by molar-refractivity contribution is -0.128. The highest BCUT2D eigenvalue weighted by atomic mass is 16.5. The molecule has 0 radical (unpaired) electrons. The third-order valence-electron chi connectivity index (χ3n) is 3.79. The molecule has 0 aliphatic carbocycles. The lowest BCUT2D eigenvalue weighted by Gasteiger charge is -2.16. The molecule has 1 aromatic rings. The van der Waals surface area contributed by atoms with Crippen molar-refractivity contribution in [2.45, 2.75) is 19.8 Å². The standard InChI is InChI=1S/C17H24N2O4/c1-3-23-15-7-5-14(6-8-15)18-17(21)13-11-16(20)19(12-13)9-4-10-22-2/h5-8,13H,3-4,9-12H2,1-2H3,(H,18,21). The lowest BCUT2D eigenvalue weighted by atomic mass is 10.1. The van der Waals surface area contributed by atoms with Gasteiger partial charge in [0.2, 0.25) is 11.8 Å². The average molecular weight is 320 g/mol. The van der Waals surface area contributed by atoms with Crippen LogP contribution in [0, 0.1) is 5.92 Å². The Labute approximate surface area is 136 Å². The fourth-order valence-electron chi connectivity index (χ4n) is 2.61. The fourth-order valence-corrected chi connectivity index (χ4v) is 2.61. The van der Waals surface area contributed by atoms with E-state index >= 15 is 0 Å². The molecule has 1 aromatic carbocycles. The zero-order valence-electron chi connectivity index (χ0n) is 13.7. The molecule has 0 saturated carbocycles. The summed E-state index contributed by atoms with van der Waals surface area (Å²) in [6.45, 7) is 4.26. The van der Waals surface area contributed by atoms with Crippen molar-refractivity contribution in [1.82, 2.24) is 4.90 Å². The van der Waals surface area contributed by atoms with Crippen molar-refractivity contribution in [3.8, 4) is 5.75 Å². The summed E-state index contributed by atoms with van der Waals surface area (Å²) in [5.41, 5.74) is 0.712. The van der Waals surface area contributed by atoms with Gasteiger partial charge in [-0.25, -0.2) is 0 Å². The minimum Gasteiger partial charge on any atom is -0.494 e. The van der Waals surface area contributed by atoms with Crippen molar-refractivity contribution < 1.29 is 19.1 Å². The Kier molecular flexibility index (Phi) is 6.40. The maximum absolute atomic E-state index is 12.3. The molecule has 1 unspecified atom stereocenters. The smallest absolute Gasteiger partial charge is 0.229 e. The first-order valence-electron chi connectivity index (χ1n) is 7.94. The molecule has 126 valence electrons. The van der Waals surface area contributed by atoms with E-state index in [0.29, 0.717) is 32.0 Å². The van der Waals surface area contributed by atoms with E-state index in [2.05, 4.69) is 5.32 Å². The first kappa shape index (κ1) is 17.3. The van der Waals surface area contributed by atoms with Crippen molar-refractivity contribution in [1.29, 1.82) is 0 Å². The summed E-state index contributed by atoms with van der Waals surface area (Å²) in [7, 11) is 1.64. The monoisotopic (exact) mass is 320 g/mol. The van der Waals surface area contributed by atoms with Crippen LogP contribution < -0.4 is 10.1 Å². The van der Waals surface area contributed by atoms with Gasteiger partial charge in [0.25, 0.3) is 0 Å². The summed E-state index contributed by atoms with van der Waals surface area (Å²) >= 11 is 0. The lowest BCUT2D eigenvalue weighted by Crippen LogP contribution is -2.29. The van der Waals surface area contributed by atoms with Crippen LogP contribution in [0.15, 0.2) is 24.3 Å². The molecule has 6 heteroatoms. The van der Waals surface area contributed by atoms with Crippen molar-refractivity contribution in [2.75, 3.05) is 38.7 Å². The summed E-state index contributed by atoms with van der Waals surface area (Å²) in [5.74, 6) is 0.396. The Morgan fingerprint density at radius 1 is 1.35 bits per heavy atom. The molecule has 2 amide bonds. The van der Waals surface area contributed by atoms with Gasteiger partial charge in [-0.3, -0.25) is 9.59 Å². The Morgan fingerprint density at radius 2 is 2.09 bits per heavy atom. The number of anilines is 1. The fraction of sp³-hybridized carbons (Fsp3) is 0.529. The number of carbonyl (C=O) groups is 2. The number of nitrogens with one attached hydrogen (secondary N) is 1. The van der Waals surface area contributed by atoms with Gasteiger partial charge in [0.1, 0.15) is 5.75 Å². The maximum atomic E-state index is 12.3. The largest absolute Gasteiger partial charge is 0.494 e. The number of hydrogen-bond donors (Lipinski definition) is 1. The summed E-state index contributed by atoms with van der Waals surface area (Å²) in [4.78, 5) is 26.0. The van der Waals surface area contributed by atoms with E-state index in [4.69, 9.17) is 9.47 Å². The van der Waals surface area contributed by atoms with Gasteiger partial charge in [0.05, 0.1) is 12.5 Å². The normalized spacial score (nSPS) is 17.4. The molecule has 1 atom stereocenters. The Hall–Kier alpha value is -2.08. The first-order valence-corrected chi connectivity index (χ1v) is 7.94. The average Bonchev–Trinajstić information content (AvgIpc) is 2.91. The maximum Gasteiger partial charge on any atom is 0.229 e. The van der Waals surface area contributed by atoms with E-state index in [0.717, 1.165) is 12.2 Å². The minimum atomic E-state index is -0.295. The van der Waals surface area contributed by atoms with Crippen LogP contribution in [0.25, 0.3) is 0 Å². The Morgan fingerprint density at radius 3 is 2.74 bits per heavy atom. The van der Waals surface area contributed by atoms with Crippen molar-refractivity contribution >= 4 is 17.5 Å². The zero-order chi connectivity index (χ0) is 16.7. The molecular weight excluding hydrogens is 296 g/mol. The Balaban J connectivity index is 1.85. The molecule has 1 N–H and O–H groups in total. The zero-order valence-corrected chi connectivity index (χ0v) is 13.7. The summed E-state index contributed by atoms with van der Waals surface area (Å²) in [6, 6.07) is 7.23. The highest BCUT2D eigenvalue weighted by Crippen LogP contribution is 2.21. The molecule has 6 nitrogen and oxygen atoms in total. The predicted molar refractivity (Wildman–Crippen MR) is 87.4 cm³/mol. The van der Waals surface area contributed by atoms with Gasteiger partial charge in [-0.1, -0.05) is 0 Å². The third-order valence-corrected chi connectivity index (χ3v) is 3.79. The second kappa shape index (κ2) is 8.53. The van der Waals surface area contributed by atoms with Crippen LogP contribution in [-0.4, -0.2) is 50.1 Å². The van der Waals surface area contributed by atoms with Crippen LogP contribution in [0.5, 0.6) is 5.75 Å². The molecule has 2 rings (SSSR count). The van der Waals surface area contributed by atoms with Crippen LogP contribution in [0.3, 0.4) is 0 Å². The van der Waals surface area contributed by atoms with Crippen molar-refractivity contribution in [2.24, 2.45) is 5.92 Å². The second-order valence-corrected chi connectivity index (χ2v) is 5.53. The number of likely N-dealkylation sites (tertiary alicyclic amines) is 1. The highest BCUT2D eigenvalue weighted by Gasteiger charge is 2.33. The number of benzene rings is 1. The van der Waals surface area contributed by atoms with Crippen LogP contribution in [0.4, 0.5) is 5.69 Å². The number of rotatable bonds is 8. The second-order valence-electron chi connectivity index (χ2n) is 5.53. The van der Waals surface area contributed by atoms with Gasteiger partial charge in [-0.05, 0) is 37.6 Å². The number of nitrogens with zero attached hydrogens (tertiary/aromatic N) is 1. The van der Waals surface area contributed by atoms with E-state index in [-0.39, 0.29) is 24.2 Å². The first-order chi connectivity index (χ1) is 11.1. The number of ether oxygens (including phenoxy) is 2. The molecule has 1 aliphatic heterocycles. The highest BCUT2D eigenvalue weighted by molar-refractivity contribution is 5.97. The van der Waals surface area contributed by atoms with Gasteiger partial charge in [0, 0.05) is 38.9 Å². The quantitative estimate of drug-likeness (QED) is 0.743. The van der Waals surface area contributed by atoms with Gasteiger partial charge in [-0.15, -0.1) is 0 Å². The molecule has 23 heavy (non-hydrogen) atoms. The summed E-state index contributed by atoms with van der Waals surface area (Å²) in [5, 5.41) is 2.86. The molecule has 1 aliphatic rings. The topological polar surface area (TPSA) is 67.9 Å². The van der Waals surface area contributed by atoms with Crippen LogP contribution in [0.1, 0.15) is 19.8 Å². The van der Waals surface area contributed by atoms with Gasteiger partial charge < -0.3 is 19.7 Å². The van der Waals surface area contributed by atoms with E-state index in [1.54, 1.807) is 24.1 Å². The van der Waals surface area contributed by atoms with Crippen LogP contribution >= 0.6 is 0 Å². The predicted octanol–water partition coefficient (Wildman–Crippen LogP) is 1.91. The number of amides is 2. The summed E-state index contributed by atoms with van der Waals surface area (Å²) in [6.07, 6.45) is 1.06. The van der Waals surface area contributed by atoms with E-state index in [9.17, 15) is 9.59 Å². The molecule has 1 saturated heterocycles. The Bertz CT molecular complexity index is 530. The number of carbonyl (C=O) groups excluding carboxylic acids is 2. The molecule has 0 aromatic heterocycles. The van der Waals surface area contributed by atoms with E-state index in [1.165, 1.54) is 0 Å². The van der Waals surface area contributed by atoms with E-state index < -0.39 is 0 Å². The third kappa shape index (κ3) is 4.96. The SMILES string of the molecule is CCOc1ccc(NC(=O)C2CC(=O)N(CCCOC)C2)cc1. The van der Waals surface area contributed by atoms with Crippen molar-refractivity contribution in [3.05, 3.63) is 24.3 Å².